The van der Waals surface area contributed by atoms with Crippen LogP contribution in [0.4, 0.5) is 5.69 Å². The second kappa shape index (κ2) is 7.23. The molecule has 1 N–H and O–H groups in total. The van der Waals surface area contributed by atoms with Crippen LogP contribution in [-0.2, 0) is 4.79 Å². The summed E-state index contributed by atoms with van der Waals surface area (Å²) in [6.07, 6.45) is 3.09. The molecule has 0 atom stereocenters. The van der Waals surface area contributed by atoms with Crippen LogP contribution in [0.15, 0.2) is 48.5 Å². The molecule has 0 radical (unpaired) electrons. The standard InChI is InChI=1S/C21H22N4O2/c1-14-7-3-4-12-18(14)19-23-21(27-2)24-25(19)17-11-6-10-16(13-17)22-20(26)15-8-5-9-15/h3-4,6-7,10-13,15H,5,8-9H2,1-2H3,(H,22,26). The average Bonchev–Trinajstić information content (AvgIpc) is 3.05. The molecule has 6 heteroatoms. The molecule has 1 fully saturated rings. The lowest BCUT2D eigenvalue weighted by Gasteiger charge is -2.24. The van der Waals surface area contributed by atoms with E-state index in [9.17, 15) is 4.79 Å². The summed E-state index contributed by atoms with van der Waals surface area (Å²) in [6.45, 7) is 2.04. The lowest BCUT2D eigenvalue weighted by molar-refractivity contribution is -0.122. The van der Waals surface area contributed by atoms with Gasteiger partial charge in [0, 0.05) is 17.2 Å². The molecule has 0 bridgehead atoms. The van der Waals surface area contributed by atoms with Gasteiger partial charge in [0.05, 0.1) is 12.8 Å². The quantitative estimate of drug-likeness (QED) is 0.745. The molecule has 0 saturated heterocycles. The van der Waals surface area contributed by atoms with Crippen LogP contribution in [0.25, 0.3) is 17.1 Å². The van der Waals surface area contributed by atoms with Crippen LogP contribution in [0.3, 0.4) is 0 Å². The number of nitrogens with one attached hydrogen (secondary N) is 1. The monoisotopic (exact) mass is 362 g/mol. The Morgan fingerprint density at radius 1 is 1.19 bits per heavy atom. The molecule has 0 unspecified atom stereocenters. The molecule has 138 valence electrons. The third-order valence-electron chi connectivity index (χ3n) is 4.99. The van der Waals surface area contributed by atoms with E-state index in [1.807, 2.05) is 55.5 Å². The first-order valence-electron chi connectivity index (χ1n) is 9.14. The van der Waals surface area contributed by atoms with Crippen LogP contribution in [0.1, 0.15) is 24.8 Å². The van der Waals surface area contributed by atoms with Crippen molar-refractivity contribution >= 4 is 11.6 Å². The molecule has 1 heterocycles. The molecule has 1 aromatic heterocycles. The molecular weight excluding hydrogens is 340 g/mol. The van der Waals surface area contributed by atoms with Crippen molar-refractivity contribution in [2.75, 3.05) is 12.4 Å². The van der Waals surface area contributed by atoms with Gasteiger partial charge in [-0.2, -0.15) is 4.98 Å². The fourth-order valence-corrected chi connectivity index (χ4v) is 3.19. The van der Waals surface area contributed by atoms with Crippen molar-refractivity contribution in [1.82, 2.24) is 14.8 Å². The maximum Gasteiger partial charge on any atom is 0.336 e. The number of aryl methyl sites for hydroxylation is 1. The van der Waals surface area contributed by atoms with Crippen LogP contribution in [0.2, 0.25) is 0 Å². The number of ether oxygens (including phenoxy) is 1. The molecule has 0 spiro atoms. The summed E-state index contributed by atoms with van der Waals surface area (Å²) in [5.74, 6) is 0.934. The smallest absolute Gasteiger partial charge is 0.336 e. The van der Waals surface area contributed by atoms with Gasteiger partial charge >= 0.3 is 6.01 Å². The van der Waals surface area contributed by atoms with Crippen LogP contribution >= 0.6 is 0 Å². The number of nitrogens with zero attached hydrogens (tertiary/aromatic N) is 3. The minimum atomic E-state index is 0.0914. The van der Waals surface area contributed by atoms with E-state index >= 15 is 0 Å². The fraction of sp³-hybridized carbons (Fsp3) is 0.286. The number of anilines is 1. The van der Waals surface area contributed by atoms with Gasteiger partial charge in [0.25, 0.3) is 0 Å². The predicted molar refractivity (Wildman–Crippen MR) is 104 cm³/mol. The highest BCUT2D eigenvalue weighted by atomic mass is 16.5. The van der Waals surface area contributed by atoms with Gasteiger partial charge in [-0.25, -0.2) is 4.68 Å². The van der Waals surface area contributed by atoms with E-state index in [0.29, 0.717) is 11.8 Å². The van der Waals surface area contributed by atoms with Crippen molar-refractivity contribution in [1.29, 1.82) is 0 Å². The normalized spacial score (nSPS) is 13.9. The molecule has 4 rings (SSSR count). The van der Waals surface area contributed by atoms with E-state index in [4.69, 9.17) is 4.74 Å². The minimum absolute atomic E-state index is 0.0914. The van der Waals surface area contributed by atoms with Gasteiger partial charge in [-0.05, 0) is 43.5 Å². The van der Waals surface area contributed by atoms with Crippen molar-refractivity contribution in [2.45, 2.75) is 26.2 Å². The Bertz CT molecular complexity index is 976. The zero-order valence-electron chi connectivity index (χ0n) is 15.5. The number of rotatable bonds is 5. The summed E-state index contributed by atoms with van der Waals surface area (Å²) in [6, 6.07) is 16.0. The van der Waals surface area contributed by atoms with E-state index < -0.39 is 0 Å². The largest absolute Gasteiger partial charge is 0.466 e. The Balaban J connectivity index is 1.71. The predicted octanol–water partition coefficient (Wildman–Crippen LogP) is 3.99. The van der Waals surface area contributed by atoms with Gasteiger partial charge in [-0.1, -0.05) is 36.8 Å². The highest BCUT2D eigenvalue weighted by Gasteiger charge is 2.25. The topological polar surface area (TPSA) is 69.0 Å². The summed E-state index contributed by atoms with van der Waals surface area (Å²) in [5.41, 5.74) is 3.66. The van der Waals surface area contributed by atoms with E-state index in [0.717, 1.165) is 41.8 Å². The molecular formula is C21H22N4O2. The van der Waals surface area contributed by atoms with Gasteiger partial charge in [-0.15, -0.1) is 5.10 Å². The van der Waals surface area contributed by atoms with Crippen LogP contribution in [0, 0.1) is 12.8 Å². The van der Waals surface area contributed by atoms with Crippen molar-refractivity contribution in [3.63, 3.8) is 0 Å². The first-order chi connectivity index (χ1) is 13.2. The van der Waals surface area contributed by atoms with Crippen molar-refractivity contribution in [3.8, 4) is 23.1 Å². The Morgan fingerprint density at radius 2 is 2.00 bits per heavy atom. The Hall–Kier alpha value is -3.15. The Labute approximate surface area is 158 Å². The summed E-state index contributed by atoms with van der Waals surface area (Å²) < 4.78 is 7.00. The average molecular weight is 362 g/mol. The zero-order chi connectivity index (χ0) is 18.8. The number of hydrogen-bond acceptors (Lipinski definition) is 4. The minimum Gasteiger partial charge on any atom is -0.466 e. The SMILES string of the molecule is COc1nc(-c2ccccc2C)n(-c2cccc(NC(=O)C3CCC3)c2)n1. The molecule has 3 aromatic rings. The van der Waals surface area contributed by atoms with E-state index in [1.165, 1.54) is 0 Å². The number of carbonyl (C=O) groups excluding carboxylic acids is 1. The molecule has 1 aliphatic carbocycles. The first kappa shape index (κ1) is 17.3. The van der Waals surface area contributed by atoms with Crippen LogP contribution < -0.4 is 10.1 Å². The van der Waals surface area contributed by atoms with Crippen molar-refractivity contribution < 1.29 is 9.53 Å². The van der Waals surface area contributed by atoms with E-state index in [1.54, 1.807) is 11.8 Å². The first-order valence-corrected chi connectivity index (χ1v) is 9.14. The molecule has 0 aliphatic heterocycles. The number of hydrogen-bond donors (Lipinski definition) is 1. The lowest BCUT2D eigenvalue weighted by Crippen LogP contribution is -2.28. The zero-order valence-corrected chi connectivity index (χ0v) is 15.5. The summed E-state index contributed by atoms with van der Waals surface area (Å²) >= 11 is 0. The number of methoxy groups -OCH3 is 1. The van der Waals surface area contributed by atoms with Crippen molar-refractivity contribution in [2.24, 2.45) is 5.92 Å². The number of carbonyl (C=O) groups is 1. The van der Waals surface area contributed by atoms with E-state index in [2.05, 4.69) is 15.4 Å². The Kier molecular flexibility index (Phi) is 4.62. The highest BCUT2D eigenvalue weighted by molar-refractivity contribution is 5.93. The van der Waals surface area contributed by atoms with Gasteiger partial charge in [0.15, 0.2) is 5.82 Å². The number of benzene rings is 2. The summed E-state index contributed by atoms with van der Waals surface area (Å²) in [5, 5.41) is 7.48. The van der Waals surface area contributed by atoms with Gasteiger partial charge in [0.1, 0.15) is 0 Å². The van der Waals surface area contributed by atoms with Gasteiger partial charge < -0.3 is 10.1 Å². The molecule has 6 nitrogen and oxygen atoms in total. The third kappa shape index (κ3) is 3.43. The fourth-order valence-electron chi connectivity index (χ4n) is 3.19. The maximum absolute atomic E-state index is 12.3. The maximum atomic E-state index is 12.3. The molecule has 1 aliphatic rings. The highest BCUT2D eigenvalue weighted by Crippen LogP contribution is 2.29. The molecule has 27 heavy (non-hydrogen) atoms. The molecule has 2 aromatic carbocycles. The Morgan fingerprint density at radius 3 is 2.70 bits per heavy atom. The van der Waals surface area contributed by atoms with Crippen LogP contribution in [-0.4, -0.2) is 27.8 Å². The van der Waals surface area contributed by atoms with E-state index in [-0.39, 0.29) is 11.8 Å². The second-order valence-electron chi connectivity index (χ2n) is 6.82. The molecule has 1 amide bonds. The molecule has 1 saturated carbocycles. The van der Waals surface area contributed by atoms with Crippen LogP contribution in [0.5, 0.6) is 6.01 Å². The second-order valence-corrected chi connectivity index (χ2v) is 6.82. The summed E-state index contributed by atoms with van der Waals surface area (Å²) in [7, 11) is 1.55. The number of aromatic nitrogens is 3. The third-order valence-corrected chi connectivity index (χ3v) is 4.99. The van der Waals surface area contributed by atoms with Gasteiger partial charge in [0.2, 0.25) is 5.91 Å². The lowest BCUT2D eigenvalue weighted by atomic mass is 9.85. The van der Waals surface area contributed by atoms with Crippen molar-refractivity contribution in [3.05, 3.63) is 54.1 Å². The number of amides is 1. The summed E-state index contributed by atoms with van der Waals surface area (Å²) in [4.78, 5) is 16.8. The van der Waals surface area contributed by atoms with Gasteiger partial charge in [-0.3, -0.25) is 4.79 Å².